The average molecular weight is 377 g/mol. The Morgan fingerprint density at radius 2 is 2.12 bits per heavy atom. The van der Waals surface area contributed by atoms with Crippen LogP contribution in [0.25, 0.3) is 10.9 Å². The molecule has 0 atom stereocenters. The number of hydrogen-bond donors (Lipinski definition) is 1. The van der Waals surface area contributed by atoms with Crippen LogP contribution >= 0.6 is 11.6 Å². The van der Waals surface area contributed by atoms with Gasteiger partial charge in [-0.3, -0.25) is 4.68 Å². The van der Waals surface area contributed by atoms with Gasteiger partial charge in [-0.05, 0) is 44.2 Å². The van der Waals surface area contributed by atoms with E-state index in [2.05, 4.69) is 5.10 Å². The molecule has 0 saturated carbocycles. The van der Waals surface area contributed by atoms with Gasteiger partial charge >= 0.3 is 5.97 Å². The minimum atomic E-state index is -1.47. The van der Waals surface area contributed by atoms with Crippen molar-refractivity contribution in [3.8, 4) is 5.75 Å². The van der Waals surface area contributed by atoms with Crippen LogP contribution in [-0.2, 0) is 6.54 Å². The lowest BCUT2D eigenvalue weighted by Gasteiger charge is -2.18. The van der Waals surface area contributed by atoms with Gasteiger partial charge < -0.3 is 9.84 Å². The van der Waals surface area contributed by atoms with Crippen molar-refractivity contribution in [2.45, 2.75) is 26.1 Å². The van der Waals surface area contributed by atoms with Crippen molar-refractivity contribution >= 4 is 28.5 Å². The third kappa shape index (κ3) is 3.96. The molecule has 1 heterocycles. The van der Waals surface area contributed by atoms with Gasteiger partial charge in [-0.1, -0.05) is 17.7 Å². The lowest BCUT2D eigenvalue weighted by molar-refractivity contribution is 0.0699. The fourth-order valence-electron chi connectivity index (χ4n) is 2.64. The van der Waals surface area contributed by atoms with Gasteiger partial charge in [0.1, 0.15) is 18.0 Å². The van der Waals surface area contributed by atoms with Crippen LogP contribution in [0.4, 0.5) is 4.39 Å². The number of ether oxygens (including phenoxy) is 1. The summed E-state index contributed by atoms with van der Waals surface area (Å²) >= 11 is 6.10. The highest BCUT2D eigenvalue weighted by molar-refractivity contribution is 6.30. The smallest absolute Gasteiger partial charge is 0.336 e. The third-order valence-corrected chi connectivity index (χ3v) is 4.07. The Morgan fingerprint density at radius 3 is 2.81 bits per heavy atom. The maximum Gasteiger partial charge on any atom is 0.336 e. The highest BCUT2D eigenvalue weighted by atomic mass is 35.5. The molecule has 0 radical (unpaired) electrons. The van der Waals surface area contributed by atoms with Gasteiger partial charge in [0, 0.05) is 16.0 Å². The Morgan fingerprint density at radius 1 is 1.35 bits per heavy atom. The molecule has 0 spiro atoms. The van der Waals surface area contributed by atoms with Crippen molar-refractivity contribution < 1.29 is 19.0 Å². The van der Waals surface area contributed by atoms with E-state index < -0.39 is 11.6 Å². The van der Waals surface area contributed by atoms with E-state index in [0.29, 0.717) is 28.2 Å². The second kappa shape index (κ2) is 6.96. The standard InChI is InChI=1S/C19H18ClFN2O3/c1-19(2,21)11-26-17-7-6-13(20)8-12(17)10-23-16-5-3-4-14(18(24)25)15(16)9-22-23/h3-9H,10-11H2,1-2H3,(H,24,25). The molecule has 0 fully saturated rings. The molecule has 2 aromatic carbocycles. The molecule has 7 heteroatoms. The summed E-state index contributed by atoms with van der Waals surface area (Å²) in [6, 6.07) is 10.1. The summed E-state index contributed by atoms with van der Waals surface area (Å²) in [6.45, 7) is 3.11. The van der Waals surface area contributed by atoms with Crippen molar-refractivity contribution in [1.82, 2.24) is 9.78 Å². The predicted molar refractivity (Wildman–Crippen MR) is 97.9 cm³/mol. The monoisotopic (exact) mass is 376 g/mol. The number of benzene rings is 2. The van der Waals surface area contributed by atoms with Crippen LogP contribution in [0.15, 0.2) is 42.6 Å². The van der Waals surface area contributed by atoms with E-state index in [9.17, 15) is 14.3 Å². The van der Waals surface area contributed by atoms with Crippen molar-refractivity contribution in [3.63, 3.8) is 0 Å². The lowest BCUT2D eigenvalue weighted by Crippen LogP contribution is -2.23. The second-order valence-corrected chi connectivity index (χ2v) is 7.04. The molecule has 0 aliphatic heterocycles. The fraction of sp³-hybridized carbons (Fsp3) is 0.263. The summed E-state index contributed by atoms with van der Waals surface area (Å²) in [5, 5.41) is 14.7. The van der Waals surface area contributed by atoms with E-state index >= 15 is 0 Å². The lowest BCUT2D eigenvalue weighted by atomic mass is 10.1. The van der Waals surface area contributed by atoms with Gasteiger partial charge in [0.05, 0.1) is 23.8 Å². The highest BCUT2D eigenvalue weighted by Gasteiger charge is 2.18. The first-order valence-corrected chi connectivity index (χ1v) is 8.40. The highest BCUT2D eigenvalue weighted by Crippen LogP contribution is 2.27. The molecule has 3 aromatic rings. The average Bonchev–Trinajstić information content (AvgIpc) is 2.96. The maximum absolute atomic E-state index is 13.8. The van der Waals surface area contributed by atoms with Gasteiger partial charge in [-0.2, -0.15) is 5.10 Å². The molecular formula is C19H18ClFN2O3. The van der Waals surface area contributed by atoms with E-state index in [1.54, 1.807) is 35.0 Å². The molecule has 3 rings (SSSR count). The van der Waals surface area contributed by atoms with Gasteiger partial charge in [0.2, 0.25) is 0 Å². The topological polar surface area (TPSA) is 64.4 Å². The van der Waals surface area contributed by atoms with Crippen LogP contribution in [0.5, 0.6) is 5.75 Å². The number of fused-ring (bicyclic) bond motifs is 1. The fourth-order valence-corrected chi connectivity index (χ4v) is 2.83. The minimum Gasteiger partial charge on any atom is -0.490 e. The molecule has 26 heavy (non-hydrogen) atoms. The van der Waals surface area contributed by atoms with Crippen LogP contribution in [-0.4, -0.2) is 33.1 Å². The van der Waals surface area contributed by atoms with Gasteiger partial charge in [0.15, 0.2) is 0 Å². The van der Waals surface area contributed by atoms with Crippen molar-refractivity contribution in [2.24, 2.45) is 0 Å². The zero-order chi connectivity index (χ0) is 18.9. The Balaban J connectivity index is 1.96. The Hall–Kier alpha value is -2.60. The first kappa shape index (κ1) is 18.2. The predicted octanol–water partition coefficient (Wildman–Crippen LogP) is 4.56. The van der Waals surface area contributed by atoms with Crippen molar-refractivity contribution in [3.05, 3.63) is 58.7 Å². The number of carboxylic acid groups (broad SMARTS) is 1. The number of nitrogens with zero attached hydrogens (tertiary/aromatic N) is 2. The number of aromatic carboxylic acids is 1. The van der Waals surface area contributed by atoms with E-state index in [0.717, 1.165) is 5.56 Å². The first-order chi connectivity index (χ1) is 12.2. The van der Waals surface area contributed by atoms with Crippen LogP contribution in [0, 0.1) is 0 Å². The molecule has 136 valence electrons. The Kier molecular flexibility index (Phi) is 4.87. The molecule has 0 amide bonds. The number of hydrogen-bond acceptors (Lipinski definition) is 3. The molecular weight excluding hydrogens is 359 g/mol. The van der Waals surface area contributed by atoms with E-state index in [1.807, 2.05) is 0 Å². The molecule has 0 saturated heterocycles. The Bertz CT molecular complexity index is 963. The number of carbonyl (C=O) groups is 1. The third-order valence-electron chi connectivity index (χ3n) is 3.83. The molecule has 1 N–H and O–H groups in total. The van der Waals surface area contributed by atoms with Crippen LogP contribution < -0.4 is 4.74 Å². The van der Waals surface area contributed by atoms with Gasteiger partial charge in [-0.15, -0.1) is 0 Å². The zero-order valence-corrected chi connectivity index (χ0v) is 15.1. The summed E-state index contributed by atoms with van der Waals surface area (Å²) in [7, 11) is 0. The van der Waals surface area contributed by atoms with Crippen LogP contribution in [0.3, 0.4) is 0 Å². The summed E-state index contributed by atoms with van der Waals surface area (Å²) in [4.78, 5) is 11.4. The molecule has 0 unspecified atom stereocenters. The number of rotatable bonds is 6. The number of alkyl halides is 1. The molecule has 0 aliphatic carbocycles. The quantitative estimate of drug-likeness (QED) is 0.684. The number of aromatic nitrogens is 2. The molecule has 1 aromatic heterocycles. The zero-order valence-electron chi connectivity index (χ0n) is 14.4. The maximum atomic E-state index is 13.8. The van der Waals surface area contributed by atoms with E-state index in [1.165, 1.54) is 26.1 Å². The minimum absolute atomic E-state index is 0.0926. The van der Waals surface area contributed by atoms with Crippen LogP contribution in [0.1, 0.15) is 29.8 Å². The number of carboxylic acids is 1. The SMILES string of the molecule is CC(C)(F)COc1ccc(Cl)cc1Cn1ncc2c(C(=O)O)cccc21. The van der Waals surface area contributed by atoms with Crippen molar-refractivity contribution in [1.29, 1.82) is 0 Å². The normalized spacial score (nSPS) is 11.7. The molecule has 5 nitrogen and oxygen atoms in total. The summed E-state index contributed by atoms with van der Waals surface area (Å²) in [5.74, 6) is -0.495. The van der Waals surface area contributed by atoms with E-state index in [4.69, 9.17) is 16.3 Å². The van der Waals surface area contributed by atoms with Gasteiger partial charge in [-0.25, -0.2) is 9.18 Å². The summed E-state index contributed by atoms with van der Waals surface area (Å²) < 4.78 is 21.0. The summed E-state index contributed by atoms with van der Waals surface area (Å²) in [6.07, 6.45) is 1.52. The van der Waals surface area contributed by atoms with Crippen LogP contribution in [0.2, 0.25) is 5.02 Å². The Labute approximate surface area is 155 Å². The van der Waals surface area contributed by atoms with Gasteiger partial charge in [0.25, 0.3) is 0 Å². The first-order valence-electron chi connectivity index (χ1n) is 8.02. The molecule has 0 bridgehead atoms. The largest absolute Gasteiger partial charge is 0.490 e. The summed E-state index contributed by atoms with van der Waals surface area (Å²) in [5.41, 5.74) is 0.135. The number of halogens is 2. The van der Waals surface area contributed by atoms with Crippen molar-refractivity contribution in [2.75, 3.05) is 6.61 Å². The van der Waals surface area contributed by atoms with E-state index in [-0.39, 0.29) is 12.2 Å². The molecule has 0 aliphatic rings. The second-order valence-electron chi connectivity index (χ2n) is 6.61.